The van der Waals surface area contributed by atoms with Gasteiger partial charge >= 0.3 is 0 Å². The third-order valence-electron chi connectivity index (χ3n) is 1.97. The molecule has 12 heavy (non-hydrogen) atoms. The Bertz CT molecular complexity index is 406. The standard InChI is InChI=1S/C9H10N2S/c1-2-6-3-4-7-8(5-6)12-11-9(7)10/h3-5H,2H2,1H3,(H2,10,11). The number of rotatable bonds is 1. The van der Waals surface area contributed by atoms with Crippen molar-refractivity contribution in [3.05, 3.63) is 23.8 Å². The Morgan fingerprint density at radius 1 is 1.50 bits per heavy atom. The van der Waals surface area contributed by atoms with Crippen LogP contribution in [0.25, 0.3) is 10.1 Å². The van der Waals surface area contributed by atoms with Gasteiger partial charge in [-0.05, 0) is 35.6 Å². The SMILES string of the molecule is CCc1ccc2c(N)nsc2c1. The first-order chi connectivity index (χ1) is 5.81. The summed E-state index contributed by atoms with van der Waals surface area (Å²) in [5.74, 6) is 0.651. The number of aryl methyl sites for hydroxylation is 1. The van der Waals surface area contributed by atoms with E-state index in [4.69, 9.17) is 5.73 Å². The van der Waals surface area contributed by atoms with Gasteiger partial charge in [0.15, 0.2) is 0 Å². The molecule has 0 bridgehead atoms. The molecule has 3 heteroatoms. The quantitative estimate of drug-likeness (QED) is 0.728. The van der Waals surface area contributed by atoms with Gasteiger partial charge in [-0.25, -0.2) is 0 Å². The molecule has 0 aliphatic rings. The summed E-state index contributed by atoms with van der Waals surface area (Å²) in [6.07, 6.45) is 1.06. The molecular formula is C9H10N2S. The second-order valence-electron chi connectivity index (χ2n) is 2.75. The topological polar surface area (TPSA) is 38.9 Å². The van der Waals surface area contributed by atoms with E-state index in [0.717, 1.165) is 11.8 Å². The molecule has 0 spiro atoms. The molecule has 2 N–H and O–H groups in total. The second kappa shape index (κ2) is 2.75. The lowest BCUT2D eigenvalue weighted by Crippen LogP contribution is -1.83. The number of nitrogens with two attached hydrogens (primary N) is 1. The van der Waals surface area contributed by atoms with Crippen molar-refractivity contribution in [3.8, 4) is 0 Å². The lowest BCUT2D eigenvalue weighted by molar-refractivity contribution is 1.15. The van der Waals surface area contributed by atoms with Crippen molar-refractivity contribution in [2.75, 3.05) is 5.73 Å². The molecule has 0 fully saturated rings. The monoisotopic (exact) mass is 178 g/mol. The van der Waals surface area contributed by atoms with E-state index in [0.29, 0.717) is 5.82 Å². The van der Waals surface area contributed by atoms with Crippen LogP contribution < -0.4 is 5.73 Å². The Balaban J connectivity index is 2.69. The minimum Gasteiger partial charge on any atom is -0.382 e. The van der Waals surface area contributed by atoms with E-state index in [2.05, 4.69) is 23.4 Å². The zero-order chi connectivity index (χ0) is 8.55. The zero-order valence-corrected chi connectivity index (χ0v) is 7.69. The molecule has 1 heterocycles. The van der Waals surface area contributed by atoms with Gasteiger partial charge in [-0.15, -0.1) is 0 Å². The van der Waals surface area contributed by atoms with Crippen LogP contribution in [0.2, 0.25) is 0 Å². The van der Waals surface area contributed by atoms with Crippen LogP contribution in [0.4, 0.5) is 5.82 Å². The van der Waals surface area contributed by atoms with Crippen molar-refractivity contribution in [2.45, 2.75) is 13.3 Å². The van der Waals surface area contributed by atoms with E-state index in [1.165, 1.54) is 21.8 Å². The van der Waals surface area contributed by atoms with Gasteiger partial charge < -0.3 is 5.73 Å². The van der Waals surface area contributed by atoms with E-state index in [1.54, 1.807) is 0 Å². The summed E-state index contributed by atoms with van der Waals surface area (Å²) in [5.41, 5.74) is 7.01. The molecule has 0 atom stereocenters. The van der Waals surface area contributed by atoms with Gasteiger partial charge in [0.05, 0.1) is 4.70 Å². The summed E-state index contributed by atoms with van der Waals surface area (Å²) in [6.45, 7) is 2.14. The van der Waals surface area contributed by atoms with Crippen molar-refractivity contribution < 1.29 is 0 Å². The molecule has 0 saturated heterocycles. The number of fused-ring (bicyclic) bond motifs is 1. The fourth-order valence-electron chi connectivity index (χ4n) is 1.22. The van der Waals surface area contributed by atoms with Gasteiger partial charge in [0.25, 0.3) is 0 Å². The van der Waals surface area contributed by atoms with Crippen LogP contribution in [0, 0.1) is 0 Å². The number of hydrogen-bond donors (Lipinski definition) is 1. The molecule has 0 saturated carbocycles. The highest BCUT2D eigenvalue weighted by Gasteiger charge is 2.01. The normalized spacial score (nSPS) is 10.8. The Morgan fingerprint density at radius 2 is 2.33 bits per heavy atom. The first-order valence-electron chi connectivity index (χ1n) is 3.95. The summed E-state index contributed by atoms with van der Waals surface area (Å²) in [4.78, 5) is 0. The first kappa shape index (κ1) is 7.55. The maximum atomic E-state index is 5.67. The molecular weight excluding hydrogens is 168 g/mol. The number of aromatic nitrogens is 1. The average Bonchev–Trinajstić information content (AvgIpc) is 2.47. The van der Waals surface area contributed by atoms with Gasteiger partial charge in [0.1, 0.15) is 5.82 Å². The highest BCUT2D eigenvalue weighted by molar-refractivity contribution is 7.13. The highest BCUT2D eigenvalue weighted by atomic mass is 32.1. The molecule has 0 unspecified atom stereocenters. The van der Waals surface area contributed by atoms with Crippen LogP contribution in [0.15, 0.2) is 18.2 Å². The predicted octanol–water partition coefficient (Wildman–Crippen LogP) is 2.44. The minimum absolute atomic E-state index is 0.651. The van der Waals surface area contributed by atoms with Crippen molar-refractivity contribution in [1.29, 1.82) is 0 Å². The predicted molar refractivity (Wildman–Crippen MR) is 53.4 cm³/mol. The van der Waals surface area contributed by atoms with Crippen LogP contribution in [0.1, 0.15) is 12.5 Å². The molecule has 1 aromatic carbocycles. The van der Waals surface area contributed by atoms with Gasteiger partial charge in [-0.2, -0.15) is 4.37 Å². The number of hydrogen-bond acceptors (Lipinski definition) is 3. The van der Waals surface area contributed by atoms with Crippen LogP contribution in [-0.4, -0.2) is 4.37 Å². The second-order valence-corrected chi connectivity index (χ2v) is 3.56. The van der Waals surface area contributed by atoms with Gasteiger partial charge in [-0.3, -0.25) is 0 Å². The molecule has 0 aliphatic heterocycles. The lowest BCUT2D eigenvalue weighted by atomic mass is 10.1. The number of nitrogen functional groups attached to an aromatic ring is 1. The van der Waals surface area contributed by atoms with Crippen LogP contribution in [-0.2, 0) is 6.42 Å². The maximum absolute atomic E-state index is 5.67. The molecule has 2 aromatic rings. The Hall–Kier alpha value is -1.09. The zero-order valence-electron chi connectivity index (χ0n) is 6.87. The number of anilines is 1. The average molecular weight is 178 g/mol. The summed E-state index contributed by atoms with van der Waals surface area (Å²) >= 11 is 1.47. The van der Waals surface area contributed by atoms with Gasteiger partial charge in [0.2, 0.25) is 0 Å². The molecule has 2 rings (SSSR count). The first-order valence-corrected chi connectivity index (χ1v) is 4.72. The van der Waals surface area contributed by atoms with Crippen molar-refractivity contribution in [1.82, 2.24) is 4.37 Å². The third-order valence-corrected chi connectivity index (χ3v) is 2.80. The van der Waals surface area contributed by atoms with Crippen molar-refractivity contribution in [3.63, 3.8) is 0 Å². The van der Waals surface area contributed by atoms with Crippen LogP contribution >= 0.6 is 11.5 Å². The fourth-order valence-corrected chi connectivity index (χ4v) is 1.99. The molecule has 0 radical (unpaired) electrons. The largest absolute Gasteiger partial charge is 0.382 e. The summed E-state index contributed by atoms with van der Waals surface area (Å²) in [5, 5.41) is 1.08. The Kier molecular flexibility index (Phi) is 1.73. The molecule has 62 valence electrons. The highest BCUT2D eigenvalue weighted by Crippen LogP contribution is 2.25. The van der Waals surface area contributed by atoms with Crippen molar-refractivity contribution >= 4 is 27.4 Å². The fraction of sp³-hybridized carbons (Fsp3) is 0.222. The minimum atomic E-state index is 0.651. The van der Waals surface area contributed by atoms with E-state index >= 15 is 0 Å². The van der Waals surface area contributed by atoms with Gasteiger partial charge in [-0.1, -0.05) is 13.0 Å². The van der Waals surface area contributed by atoms with E-state index < -0.39 is 0 Å². The van der Waals surface area contributed by atoms with Crippen LogP contribution in [0.3, 0.4) is 0 Å². The number of nitrogens with zero attached hydrogens (tertiary/aromatic N) is 1. The molecule has 2 nitrogen and oxygen atoms in total. The van der Waals surface area contributed by atoms with E-state index in [-0.39, 0.29) is 0 Å². The van der Waals surface area contributed by atoms with E-state index in [1.807, 2.05) is 6.07 Å². The lowest BCUT2D eigenvalue weighted by Gasteiger charge is -1.94. The molecule has 1 aromatic heterocycles. The summed E-state index contributed by atoms with van der Waals surface area (Å²) in [6, 6.07) is 6.31. The maximum Gasteiger partial charge on any atom is 0.144 e. The van der Waals surface area contributed by atoms with Gasteiger partial charge in [0, 0.05) is 5.39 Å². The Morgan fingerprint density at radius 3 is 3.08 bits per heavy atom. The molecule has 0 amide bonds. The number of benzene rings is 1. The van der Waals surface area contributed by atoms with E-state index in [9.17, 15) is 0 Å². The smallest absolute Gasteiger partial charge is 0.144 e. The molecule has 0 aliphatic carbocycles. The third kappa shape index (κ3) is 1.06. The Labute approximate surface area is 75.2 Å². The van der Waals surface area contributed by atoms with Crippen LogP contribution in [0.5, 0.6) is 0 Å². The van der Waals surface area contributed by atoms with Crippen molar-refractivity contribution in [2.24, 2.45) is 0 Å². The summed E-state index contributed by atoms with van der Waals surface area (Å²) in [7, 11) is 0. The summed E-state index contributed by atoms with van der Waals surface area (Å²) < 4.78 is 5.28.